The van der Waals surface area contributed by atoms with Crippen LogP contribution < -0.4 is 22.5 Å². The lowest BCUT2D eigenvalue weighted by Crippen LogP contribution is -2.03. The molecule has 15 heteroatoms. The molecule has 67 heavy (non-hydrogen) atoms. The van der Waals surface area contributed by atoms with Crippen molar-refractivity contribution in [3.05, 3.63) is 168 Å². The summed E-state index contributed by atoms with van der Waals surface area (Å²) >= 11 is 13.2. The molecule has 0 aliphatic carbocycles. The number of allylic oxidation sites excluding steroid dienone is 2. The average molecular weight is 1030 g/mol. The molecule has 0 aliphatic rings. The number of aromatic nitrogens is 4. The Balaban J connectivity index is 0.000000191. The third-order valence-corrected chi connectivity index (χ3v) is 11.3. The van der Waals surface area contributed by atoms with Gasteiger partial charge in [-0.1, -0.05) is 56.1 Å². The summed E-state index contributed by atoms with van der Waals surface area (Å²) in [7, 11) is 0. The summed E-state index contributed by atoms with van der Waals surface area (Å²) in [4.78, 5) is 17.7. The molecule has 6 aromatic carbocycles. The van der Waals surface area contributed by atoms with Gasteiger partial charge in [0.2, 0.25) is 11.2 Å². The van der Waals surface area contributed by atoms with Crippen molar-refractivity contribution in [3.63, 3.8) is 0 Å². The number of benzene rings is 6. The van der Waals surface area contributed by atoms with E-state index in [1.54, 1.807) is 60.7 Å². The highest BCUT2D eigenvalue weighted by atomic mass is 79.9. The third-order valence-electron chi connectivity index (χ3n) is 10.2. The molecule has 2 heterocycles. The van der Waals surface area contributed by atoms with Crippen LogP contribution in [-0.4, -0.2) is 19.9 Å². The fourth-order valence-corrected chi connectivity index (χ4v) is 8.56. The molecule has 0 radical (unpaired) electrons. The highest BCUT2D eigenvalue weighted by Crippen LogP contribution is 2.39. The molecule has 2 aromatic heterocycles. The summed E-state index contributed by atoms with van der Waals surface area (Å²) in [6.07, 6.45) is 6.52. The normalized spacial score (nSPS) is 10.6. The fourth-order valence-electron chi connectivity index (χ4n) is 7.47. The number of nitrogens with one attached hydrogen (secondary N) is 1. The smallest absolute Gasteiger partial charge is 0.229 e. The van der Waals surface area contributed by atoms with Crippen LogP contribution in [-0.2, 0) is 0 Å². The maximum absolute atomic E-state index is 9.01. The lowest BCUT2D eigenvalue weighted by Gasteiger charge is -2.16. The zero-order valence-corrected chi connectivity index (χ0v) is 40.4. The van der Waals surface area contributed by atoms with Crippen LogP contribution in [0.2, 0.25) is 5.28 Å². The summed E-state index contributed by atoms with van der Waals surface area (Å²) in [5.41, 5.74) is 32.0. The number of rotatable bonds is 6. The Bertz CT molecular complexity index is 3390. The van der Waals surface area contributed by atoms with Gasteiger partial charge in [-0.15, -0.1) is 0 Å². The second-order valence-electron chi connectivity index (χ2n) is 15.0. The molecule has 0 atom stereocenters. The summed E-state index contributed by atoms with van der Waals surface area (Å²) in [6, 6.07) is 38.0. The van der Waals surface area contributed by atoms with E-state index in [9.17, 15) is 0 Å². The maximum Gasteiger partial charge on any atom is 0.229 e. The van der Waals surface area contributed by atoms with Crippen molar-refractivity contribution < 1.29 is 0 Å². The molecule has 7 N–H and O–H groups in total. The quantitative estimate of drug-likeness (QED) is 0.0691. The number of hydrogen-bond donors (Lipinski definition) is 4. The van der Waals surface area contributed by atoms with Crippen LogP contribution >= 0.6 is 43.5 Å². The molecule has 0 saturated carbocycles. The Morgan fingerprint density at radius 2 is 0.970 bits per heavy atom. The SMILES string of the molecule is Cc1cc(/C=C/C#N)cc(C)c1-c1cc(Br)cc2c(N)nc(Cl)nc12.Cc1cc(/C=C/C#N)cc(C)c1-c1cc(Br)cc2c(N)nc(Nc3ccc(C#N)cc3)nc12.N#Cc1ccc(N)cc1. The van der Waals surface area contributed by atoms with Crippen LogP contribution in [0.4, 0.5) is 29.0 Å². The van der Waals surface area contributed by atoms with E-state index >= 15 is 0 Å². The standard InChI is InChI=1S/C26H19BrN6.C19H14BrClN4.C7H6N2/c1-15-10-18(4-3-9-28)11-16(2)23(15)21-12-19(27)13-22-24(21)32-26(33-25(22)30)31-20-7-5-17(14-29)6-8-20;1-10-6-12(4-3-5-22)7-11(2)16(10)14-8-13(20)9-15-17(14)24-19(21)25-18(15)23;8-5-6-1-3-7(9)4-2-6/h3-8,10-13H,1-2H3,(H3,30,31,32,33);3-4,6-9H,1-2H3,(H2,23,24,25);1-4H,9H2/b2*4-3+;. The van der Waals surface area contributed by atoms with Gasteiger partial charge in [0.25, 0.3) is 0 Å². The average Bonchev–Trinajstić information content (AvgIpc) is 3.29. The Kier molecular flexibility index (Phi) is 15.7. The molecule has 8 rings (SSSR count). The van der Waals surface area contributed by atoms with Crippen molar-refractivity contribution in [3.8, 4) is 46.5 Å². The number of fused-ring (bicyclic) bond motifs is 2. The van der Waals surface area contributed by atoms with Gasteiger partial charge in [-0.3, -0.25) is 0 Å². The second-order valence-corrected chi connectivity index (χ2v) is 17.2. The number of nitrogens with two attached hydrogens (primary N) is 3. The molecule has 12 nitrogen and oxygen atoms in total. The molecule has 0 spiro atoms. The van der Waals surface area contributed by atoms with Crippen molar-refractivity contribution in [1.82, 2.24) is 19.9 Å². The molecule has 0 amide bonds. The Morgan fingerprint density at radius 3 is 1.40 bits per heavy atom. The monoisotopic (exact) mass is 1020 g/mol. The van der Waals surface area contributed by atoms with Crippen molar-refractivity contribution in [2.24, 2.45) is 0 Å². The summed E-state index contributed by atoms with van der Waals surface area (Å²) < 4.78 is 1.76. The Morgan fingerprint density at radius 1 is 0.552 bits per heavy atom. The molecular formula is C52H39Br2ClN12. The minimum absolute atomic E-state index is 0.123. The van der Waals surface area contributed by atoms with E-state index in [0.29, 0.717) is 39.9 Å². The van der Waals surface area contributed by atoms with Gasteiger partial charge in [-0.2, -0.15) is 26.0 Å². The lowest BCUT2D eigenvalue weighted by molar-refractivity contribution is 1.22. The first kappa shape index (κ1) is 48.3. The number of nitriles is 4. The van der Waals surface area contributed by atoms with E-state index in [4.69, 9.17) is 54.8 Å². The van der Waals surface area contributed by atoms with Crippen molar-refractivity contribution in [2.45, 2.75) is 27.7 Å². The van der Waals surface area contributed by atoms with Gasteiger partial charge in [-0.05, 0) is 169 Å². The van der Waals surface area contributed by atoms with Crippen LogP contribution in [0.5, 0.6) is 0 Å². The minimum Gasteiger partial charge on any atom is -0.399 e. The highest BCUT2D eigenvalue weighted by molar-refractivity contribution is 9.10. The van der Waals surface area contributed by atoms with E-state index < -0.39 is 0 Å². The third kappa shape index (κ3) is 11.8. The topological polar surface area (TPSA) is 237 Å². The van der Waals surface area contributed by atoms with E-state index in [-0.39, 0.29) is 5.28 Å². The van der Waals surface area contributed by atoms with Crippen molar-refractivity contribution >= 4 is 106 Å². The van der Waals surface area contributed by atoms with Gasteiger partial charge in [0.05, 0.1) is 46.4 Å². The molecule has 0 saturated heterocycles. The van der Waals surface area contributed by atoms with Gasteiger partial charge in [0, 0.05) is 54.4 Å². The van der Waals surface area contributed by atoms with Crippen LogP contribution in [0.15, 0.2) is 118 Å². The predicted molar refractivity (Wildman–Crippen MR) is 277 cm³/mol. The first-order chi connectivity index (χ1) is 32.1. The molecular weight excluding hydrogens is 988 g/mol. The molecule has 8 aromatic rings. The molecule has 0 bridgehead atoms. The van der Waals surface area contributed by atoms with Crippen LogP contribution in [0.25, 0.3) is 56.2 Å². The van der Waals surface area contributed by atoms with Gasteiger partial charge in [-0.25, -0.2) is 15.0 Å². The molecule has 0 unspecified atom stereocenters. The first-order valence-corrected chi connectivity index (χ1v) is 22.2. The number of hydrogen-bond acceptors (Lipinski definition) is 12. The Hall–Kier alpha value is -8.11. The predicted octanol–water partition coefficient (Wildman–Crippen LogP) is 13.0. The number of nitrogen functional groups attached to an aromatic ring is 3. The van der Waals surface area contributed by atoms with E-state index in [1.165, 1.54) is 12.2 Å². The van der Waals surface area contributed by atoms with Crippen molar-refractivity contribution in [1.29, 1.82) is 21.0 Å². The van der Waals surface area contributed by atoms with E-state index in [2.05, 4.69) is 58.2 Å². The summed E-state index contributed by atoms with van der Waals surface area (Å²) in [5, 5.41) is 39.7. The maximum atomic E-state index is 9.01. The van der Waals surface area contributed by atoms with E-state index in [1.807, 2.05) is 94.4 Å². The number of halogens is 3. The highest BCUT2D eigenvalue weighted by Gasteiger charge is 2.18. The summed E-state index contributed by atoms with van der Waals surface area (Å²) in [5.74, 6) is 1.08. The molecule has 0 aliphatic heterocycles. The second kappa shape index (κ2) is 21.7. The molecule has 0 fully saturated rings. The van der Waals surface area contributed by atoms with E-state index in [0.717, 1.165) is 86.6 Å². The van der Waals surface area contributed by atoms with Crippen molar-refractivity contribution in [2.75, 3.05) is 22.5 Å². The minimum atomic E-state index is 0.123. The number of aryl methyl sites for hydroxylation is 4. The first-order valence-electron chi connectivity index (χ1n) is 20.2. The van der Waals surface area contributed by atoms with Crippen LogP contribution in [0.1, 0.15) is 44.5 Å². The van der Waals surface area contributed by atoms with Crippen LogP contribution in [0, 0.1) is 73.0 Å². The zero-order chi connectivity index (χ0) is 48.4. The summed E-state index contributed by atoms with van der Waals surface area (Å²) in [6.45, 7) is 8.15. The number of anilines is 5. The largest absolute Gasteiger partial charge is 0.399 e. The Labute approximate surface area is 409 Å². The van der Waals surface area contributed by atoms with Crippen LogP contribution in [0.3, 0.4) is 0 Å². The fraction of sp³-hybridized carbons (Fsp3) is 0.0769. The molecule has 328 valence electrons. The van der Waals surface area contributed by atoms with Gasteiger partial charge in [0.15, 0.2) is 0 Å². The lowest BCUT2D eigenvalue weighted by atomic mass is 9.92. The van der Waals surface area contributed by atoms with Gasteiger partial charge >= 0.3 is 0 Å². The van der Waals surface area contributed by atoms with Gasteiger partial charge < -0.3 is 22.5 Å². The zero-order valence-electron chi connectivity index (χ0n) is 36.5. The number of nitrogens with zero attached hydrogens (tertiary/aromatic N) is 8. The van der Waals surface area contributed by atoms with Gasteiger partial charge in [0.1, 0.15) is 11.6 Å².